The molecule has 0 spiro atoms. The highest BCUT2D eigenvalue weighted by Gasteiger charge is 2.22. The van der Waals surface area contributed by atoms with Crippen LogP contribution in [0.25, 0.3) is 0 Å². The summed E-state index contributed by atoms with van der Waals surface area (Å²) in [5.74, 6) is -0.442. The summed E-state index contributed by atoms with van der Waals surface area (Å²) in [6, 6.07) is 4.51. The van der Waals surface area contributed by atoms with Crippen LogP contribution >= 0.6 is 0 Å². The monoisotopic (exact) mass is 347 g/mol. The Kier molecular flexibility index (Phi) is 5.11. The largest absolute Gasteiger partial charge is 0.320 e. The van der Waals surface area contributed by atoms with Crippen molar-refractivity contribution in [2.45, 2.75) is 33.7 Å². The molecule has 25 heavy (non-hydrogen) atoms. The number of carbonyl (C=O) groups excluding carboxylic acids is 1. The van der Waals surface area contributed by atoms with Gasteiger partial charge in [-0.15, -0.1) is 0 Å². The molecule has 0 aliphatic carbocycles. The number of hydrogen-bond donors (Lipinski definition) is 1. The van der Waals surface area contributed by atoms with Gasteiger partial charge in [0.25, 0.3) is 5.69 Å². The summed E-state index contributed by atoms with van der Waals surface area (Å²) in [7, 11) is 0. The van der Waals surface area contributed by atoms with Crippen molar-refractivity contribution in [3.05, 3.63) is 55.4 Å². The SMILES string of the molecule is Cc1ccc(NC(=O)CCn2nc(C)c([N+](=O)[O-])c2C)c([N+](=O)[O-])c1. The Morgan fingerprint density at radius 3 is 2.44 bits per heavy atom. The lowest BCUT2D eigenvalue weighted by Crippen LogP contribution is -2.16. The van der Waals surface area contributed by atoms with Gasteiger partial charge in [0.15, 0.2) is 0 Å². The van der Waals surface area contributed by atoms with Crippen LogP contribution in [0.5, 0.6) is 0 Å². The fourth-order valence-electron chi connectivity index (χ4n) is 2.49. The summed E-state index contributed by atoms with van der Waals surface area (Å²) >= 11 is 0. The lowest BCUT2D eigenvalue weighted by Gasteiger charge is -2.07. The van der Waals surface area contributed by atoms with Crippen molar-refractivity contribution in [3.8, 4) is 0 Å². The second-order valence-electron chi connectivity index (χ2n) is 5.58. The van der Waals surface area contributed by atoms with E-state index < -0.39 is 15.8 Å². The van der Waals surface area contributed by atoms with Gasteiger partial charge in [-0.25, -0.2) is 0 Å². The van der Waals surface area contributed by atoms with E-state index in [1.807, 2.05) is 0 Å². The third-order valence-corrected chi connectivity index (χ3v) is 3.70. The first-order chi connectivity index (χ1) is 11.7. The zero-order chi connectivity index (χ0) is 18.7. The number of rotatable bonds is 6. The maximum absolute atomic E-state index is 12.1. The van der Waals surface area contributed by atoms with E-state index in [9.17, 15) is 25.0 Å². The van der Waals surface area contributed by atoms with Crippen LogP contribution in [0.15, 0.2) is 18.2 Å². The van der Waals surface area contributed by atoms with Gasteiger partial charge in [0.1, 0.15) is 17.1 Å². The van der Waals surface area contributed by atoms with Crippen LogP contribution in [0.4, 0.5) is 17.1 Å². The van der Waals surface area contributed by atoms with Crippen molar-refractivity contribution >= 4 is 23.0 Å². The molecule has 2 rings (SSSR count). The Hall–Kier alpha value is -3.30. The molecular weight excluding hydrogens is 330 g/mol. The smallest absolute Gasteiger partial charge is 0.312 e. The number of nitro groups is 2. The quantitative estimate of drug-likeness (QED) is 0.630. The number of nitrogens with one attached hydrogen (secondary N) is 1. The number of nitrogens with zero attached hydrogens (tertiary/aromatic N) is 4. The third-order valence-electron chi connectivity index (χ3n) is 3.70. The molecule has 0 radical (unpaired) electrons. The molecule has 0 bridgehead atoms. The Morgan fingerprint density at radius 1 is 1.20 bits per heavy atom. The van der Waals surface area contributed by atoms with Crippen LogP contribution in [-0.2, 0) is 11.3 Å². The predicted octanol–water partition coefficient (Wildman–Crippen LogP) is 2.65. The van der Waals surface area contributed by atoms with Gasteiger partial charge in [0, 0.05) is 12.5 Å². The molecule has 1 aromatic heterocycles. The van der Waals surface area contributed by atoms with E-state index in [4.69, 9.17) is 0 Å². The van der Waals surface area contributed by atoms with Gasteiger partial charge in [0.05, 0.1) is 16.4 Å². The second kappa shape index (κ2) is 7.07. The van der Waals surface area contributed by atoms with Crippen LogP contribution < -0.4 is 5.32 Å². The molecule has 1 amide bonds. The first-order valence-corrected chi connectivity index (χ1v) is 7.44. The molecule has 0 aliphatic rings. The molecule has 10 nitrogen and oxygen atoms in total. The van der Waals surface area contributed by atoms with E-state index in [2.05, 4.69) is 10.4 Å². The van der Waals surface area contributed by atoms with E-state index in [1.54, 1.807) is 19.9 Å². The van der Waals surface area contributed by atoms with Gasteiger partial charge in [-0.2, -0.15) is 5.10 Å². The molecule has 1 N–H and O–H groups in total. The summed E-state index contributed by atoms with van der Waals surface area (Å²) < 4.78 is 1.39. The van der Waals surface area contributed by atoms with Crippen LogP contribution in [0.3, 0.4) is 0 Å². The lowest BCUT2D eigenvalue weighted by molar-refractivity contribution is -0.386. The number of aryl methyl sites for hydroxylation is 3. The molecule has 2 aromatic rings. The minimum Gasteiger partial charge on any atom is -0.320 e. The first-order valence-electron chi connectivity index (χ1n) is 7.44. The van der Waals surface area contributed by atoms with Crippen LogP contribution in [0.1, 0.15) is 23.4 Å². The standard InChI is InChI=1S/C15H17N5O5/c1-9-4-5-12(13(8-9)19(22)23)16-14(21)6-7-18-11(3)15(20(24)25)10(2)17-18/h4-5,8H,6-7H2,1-3H3,(H,16,21). The molecule has 0 fully saturated rings. The van der Waals surface area contributed by atoms with E-state index in [-0.39, 0.29) is 35.7 Å². The fraction of sp³-hybridized carbons (Fsp3) is 0.333. The summed E-state index contributed by atoms with van der Waals surface area (Å²) in [5.41, 5.74) is 1.19. The maximum Gasteiger partial charge on any atom is 0.312 e. The molecule has 10 heteroatoms. The number of carbonyl (C=O) groups is 1. The van der Waals surface area contributed by atoms with Gasteiger partial charge in [0.2, 0.25) is 5.91 Å². The molecule has 1 aromatic carbocycles. The molecule has 0 atom stereocenters. The van der Waals surface area contributed by atoms with Crippen LogP contribution in [-0.4, -0.2) is 25.5 Å². The average Bonchev–Trinajstić information content (AvgIpc) is 2.81. The second-order valence-corrected chi connectivity index (χ2v) is 5.58. The van der Waals surface area contributed by atoms with Gasteiger partial charge < -0.3 is 5.32 Å². The van der Waals surface area contributed by atoms with Gasteiger partial charge in [-0.3, -0.25) is 29.7 Å². The molecule has 1 heterocycles. The van der Waals surface area contributed by atoms with E-state index >= 15 is 0 Å². The van der Waals surface area contributed by atoms with Crippen molar-refractivity contribution in [3.63, 3.8) is 0 Å². The van der Waals surface area contributed by atoms with Crippen molar-refractivity contribution in [1.82, 2.24) is 9.78 Å². The van der Waals surface area contributed by atoms with Crippen molar-refractivity contribution in [1.29, 1.82) is 0 Å². The van der Waals surface area contributed by atoms with E-state index in [0.29, 0.717) is 11.3 Å². The third kappa shape index (κ3) is 3.97. The molecular formula is C15H17N5O5. The Labute approximate surface area is 142 Å². The van der Waals surface area contributed by atoms with Crippen molar-refractivity contribution < 1.29 is 14.6 Å². The summed E-state index contributed by atoms with van der Waals surface area (Å²) in [6.45, 7) is 4.93. The normalized spacial score (nSPS) is 10.5. The zero-order valence-corrected chi connectivity index (χ0v) is 14.0. The van der Waals surface area contributed by atoms with Gasteiger partial charge in [-0.05, 0) is 32.4 Å². The Bertz CT molecular complexity index is 858. The average molecular weight is 347 g/mol. The Morgan fingerprint density at radius 2 is 1.88 bits per heavy atom. The number of aromatic nitrogens is 2. The van der Waals surface area contributed by atoms with E-state index in [0.717, 1.165) is 0 Å². The van der Waals surface area contributed by atoms with Crippen LogP contribution in [0, 0.1) is 41.0 Å². The topological polar surface area (TPSA) is 133 Å². The molecule has 0 unspecified atom stereocenters. The summed E-state index contributed by atoms with van der Waals surface area (Å²) in [4.78, 5) is 33.0. The minimum atomic E-state index is -0.563. The molecule has 132 valence electrons. The predicted molar refractivity (Wildman–Crippen MR) is 89.4 cm³/mol. The molecule has 0 aliphatic heterocycles. The maximum atomic E-state index is 12.1. The highest BCUT2D eigenvalue weighted by molar-refractivity contribution is 5.93. The van der Waals surface area contributed by atoms with Gasteiger partial charge >= 0.3 is 5.69 Å². The summed E-state index contributed by atoms with van der Waals surface area (Å²) in [6.07, 6.45) is -0.0237. The number of amides is 1. The summed E-state index contributed by atoms with van der Waals surface area (Å²) in [5, 5.41) is 28.6. The number of anilines is 1. The lowest BCUT2D eigenvalue weighted by atomic mass is 10.2. The number of benzene rings is 1. The Balaban J connectivity index is 2.09. The van der Waals surface area contributed by atoms with E-state index in [1.165, 1.54) is 23.7 Å². The number of nitro benzene ring substituents is 1. The first kappa shape index (κ1) is 18.0. The number of hydrogen-bond acceptors (Lipinski definition) is 6. The fourth-order valence-corrected chi connectivity index (χ4v) is 2.49. The van der Waals surface area contributed by atoms with Crippen LogP contribution in [0.2, 0.25) is 0 Å². The molecule has 0 saturated heterocycles. The zero-order valence-electron chi connectivity index (χ0n) is 14.0. The molecule has 0 saturated carbocycles. The minimum absolute atomic E-state index is 0.0237. The van der Waals surface area contributed by atoms with Gasteiger partial charge in [-0.1, -0.05) is 6.07 Å². The highest BCUT2D eigenvalue weighted by Crippen LogP contribution is 2.26. The highest BCUT2D eigenvalue weighted by atomic mass is 16.6. The van der Waals surface area contributed by atoms with Crippen molar-refractivity contribution in [2.24, 2.45) is 0 Å². The van der Waals surface area contributed by atoms with Crippen molar-refractivity contribution in [2.75, 3.05) is 5.32 Å².